The molecule has 25 heavy (non-hydrogen) atoms. The molecule has 2 aromatic carbocycles. The average molecular weight is 341 g/mol. The summed E-state index contributed by atoms with van der Waals surface area (Å²) in [5.74, 6) is 1.31. The lowest BCUT2D eigenvalue weighted by molar-refractivity contribution is -0.121. The molecule has 5 heteroatoms. The minimum atomic E-state index is -0.143. The predicted octanol–water partition coefficient (Wildman–Crippen LogP) is 3.37. The second-order valence-corrected chi connectivity index (χ2v) is 5.51. The highest BCUT2D eigenvalue weighted by Crippen LogP contribution is 2.14. The second kappa shape index (κ2) is 9.47. The number of hydrogen-bond acceptors (Lipinski definition) is 4. The van der Waals surface area contributed by atoms with Gasteiger partial charge in [0, 0.05) is 24.9 Å². The Kier molecular flexibility index (Phi) is 7.01. The summed E-state index contributed by atoms with van der Waals surface area (Å²) in [5.41, 5.74) is 1.57. The van der Waals surface area contributed by atoms with E-state index in [1.807, 2.05) is 31.2 Å². The van der Waals surface area contributed by atoms with Crippen LogP contribution in [0.3, 0.4) is 0 Å². The Morgan fingerprint density at radius 2 is 1.56 bits per heavy atom. The largest absolute Gasteiger partial charge is 0.497 e. The summed E-state index contributed by atoms with van der Waals surface area (Å²) in [6.45, 7) is 2.92. The molecule has 0 aliphatic carbocycles. The quantitative estimate of drug-likeness (QED) is 0.710. The molecule has 5 nitrogen and oxygen atoms in total. The van der Waals surface area contributed by atoms with E-state index in [1.54, 1.807) is 31.4 Å². The molecule has 2 rings (SSSR count). The van der Waals surface area contributed by atoms with Gasteiger partial charge in [0.05, 0.1) is 13.7 Å². The highest BCUT2D eigenvalue weighted by Gasteiger charge is 2.09. The van der Waals surface area contributed by atoms with E-state index in [1.165, 1.54) is 0 Å². The van der Waals surface area contributed by atoms with Gasteiger partial charge in [0.2, 0.25) is 5.91 Å². The van der Waals surface area contributed by atoms with Crippen molar-refractivity contribution in [3.63, 3.8) is 0 Å². The molecule has 0 spiro atoms. The van der Waals surface area contributed by atoms with E-state index in [4.69, 9.17) is 9.47 Å². The molecular formula is C20H23NO4. The van der Waals surface area contributed by atoms with Crippen molar-refractivity contribution in [2.45, 2.75) is 26.3 Å². The third-order valence-corrected chi connectivity index (χ3v) is 3.72. The van der Waals surface area contributed by atoms with Gasteiger partial charge in [-0.2, -0.15) is 0 Å². The molecule has 0 aliphatic heterocycles. The summed E-state index contributed by atoms with van der Waals surface area (Å²) >= 11 is 0. The summed E-state index contributed by atoms with van der Waals surface area (Å²) in [5, 5.41) is 2.82. The summed E-state index contributed by atoms with van der Waals surface area (Å²) in [6, 6.07) is 14.5. The smallest absolute Gasteiger partial charge is 0.220 e. The van der Waals surface area contributed by atoms with Crippen LogP contribution >= 0.6 is 0 Å². The number of carbonyl (C=O) groups excluding carboxylic acids is 2. The van der Waals surface area contributed by atoms with Gasteiger partial charge in [-0.3, -0.25) is 9.59 Å². The third-order valence-electron chi connectivity index (χ3n) is 3.72. The Morgan fingerprint density at radius 1 is 0.920 bits per heavy atom. The van der Waals surface area contributed by atoms with Crippen molar-refractivity contribution in [3.05, 3.63) is 59.7 Å². The Hall–Kier alpha value is -2.82. The van der Waals surface area contributed by atoms with Crippen LogP contribution in [0.4, 0.5) is 0 Å². The number of methoxy groups -OCH3 is 1. The maximum absolute atomic E-state index is 12.1. The highest BCUT2D eigenvalue weighted by atomic mass is 16.5. The Morgan fingerprint density at radius 3 is 2.16 bits per heavy atom. The predicted molar refractivity (Wildman–Crippen MR) is 96.0 cm³/mol. The first-order valence-corrected chi connectivity index (χ1v) is 8.28. The van der Waals surface area contributed by atoms with Crippen molar-refractivity contribution in [2.24, 2.45) is 0 Å². The first-order valence-electron chi connectivity index (χ1n) is 8.28. The van der Waals surface area contributed by atoms with Crippen LogP contribution in [-0.4, -0.2) is 25.4 Å². The molecule has 1 amide bonds. The first-order chi connectivity index (χ1) is 12.1. The lowest BCUT2D eigenvalue weighted by Gasteiger charge is -2.07. The number of amides is 1. The van der Waals surface area contributed by atoms with E-state index in [2.05, 4.69) is 5.32 Å². The molecular weight excluding hydrogens is 318 g/mol. The van der Waals surface area contributed by atoms with Crippen molar-refractivity contribution >= 4 is 11.7 Å². The van der Waals surface area contributed by atoms with Crippen LogP contribution in [0.2, 0.25) is 0 Å². The SMILES string of the molecule is CCOc1ccc(C(=O)CCC(=O)NCc2ccc(OC)cc2)cc1. The fourth-order valence-electron chi connectivity index (χ4n) is 2.31. The number of hydrogen-bond donors (Lipinski definition) is 1. The number of rotatable bonds is 9. The fourth-order valence-corrected chi connectivity index (χ4v) is 2.31. The molecule has 1 N–H and O–H groups in total. The third kappa shape index (κ3) is 5.95. The van der Waals surface area contributed by atoms with Gasteiger partial charge in [0.1, 0.15) is 11.5 Å². The maximum atomic E-state index is 12.1. The van der Waals surface area contributed by atoms with Crippen molar-refractivity contribution < 1.29 is 19.1 Å². The van der Waals surface area contributed by atoms with Gasteiger partial charge in [-0.25, -0.2) is 0 Å². The summed E-state index contributed by atoms with van der Waals surface area (Å²) in [7, 11) is 1.61. The first kappa shape index (κ1) is 18.5. The minimum absolute atomic E-state index is 0.0531. The molecule has 2 aromatic rings. The molecule has 0 aromatic heterocycles. The molecule has 0 aliphatic rings. The topological polar surface area (TPSA) is 64.6 Å². The van der Waals surface area contributed by atoms with Gasteiger partial charge in [-0.1, -0.05) is 12.1 Å². The highest BCUT2D eigenvalue weighted by molar-refractivity contribution is 5.98. The summed E-state index contributed by atoms with van der Waals surface area (Å²) in [6.07, 6.45) is 0.352. The minimum Gasteiger partial charge on any atom is -0.497 e. The van der Waals surface area contributed by atoms with Crippen molar-refractivity contribution in [1.82, 2.24) is 5.32 Å². The molecule has 0 atom stereocenters. The Bertz CT molecular complexity index is 693. The lowest BCUT2D eigenvalue weighted by atomic mass is 10.1. The molecule has 0 saturated heterocycles. The molecule has 0 radical (unpaired) electrons. The van der Waals surface area contributed by atoms with Crippen LogP contribution in [0.5, 0.6) is 11.5 Å². The van der Waals surface area contributed by atoms with Crippen LogP contribution in [0, 0.1) is 0 Å². The van der Waals surface area contributed by atoms with E-state index >= 15 is 0 Å². The maximum Gasteiger partial charge on any atom is 0.220 e. The van der Waals surface area contributed by atoms with Crippen LogP contribution in [0.25, 0.3) is 0 Å². The number of ketones is 1. The van der Waals surface area contributed by atoms with Gasteiger partial charge in [0.25, 0.3) is 0 Å². The zero-order valence-corrected chi connectivity index (χ0v) is 14.6. The molecule has 132 valence electrons. The monoisotopic (exact) mass is 341 g/mol. The fraction of sp³-hybridized carbons (Fsp3) is 0.300. The van der Waals surface area contributed by atoms with Crippen molar-refractivity contribution in [2.75, 3.05) is 13.7 Å². The molecule has 0 heterocycles. The number of benzene rings is 2. The lowest BCUT2D eigenvalue weighted by Crippen LogP contribution is -2.23. The van der Waals surface area contributed by atoms with E-state index in [0.717, 1.165) is 17.1 Å². The number of ether oxygens (including phenoxy) is 2. The van der Waals surface area contributed by atoms with Crippen molar-refractivity contribution in [3.8, 4) is 11.5 Å². The number of nitrogens with one attached hydrogen (secondary N) is 1. The van der Waals surface area contributed by atoms with Gasteiger partial charge in [-0.15, -0.1) is 0 Å². The Balaban J connectivity index is 1.75. The average Bonchev–Trinajstić information content (AvgIpc) is 2.65. The molecule has 0 bridgehead atoms. The van der Waals surface area contributed by atoms with Gasteiger partial charge in [0.15, 0.2) is 5.78 Å². The molecule has 0 fully saturated rings. The Labute approximate surface area is 148 Å². The van der Waals surface area contributed by atoms with E-state index in [9.17, 15) is 9.59 Å². The van der Waals surface area contributed by atoms with Gasteiger partial charge < -0.3 is 14.8 Å². The van der Waals surface area contributed by atoms with Gasteiger partial charge >= 0.3 is 0 Å². The normalized spacial score (nSPS) is 10.2. The van der Waals surface area contributed by atoms with E-state index < -0.39 is 0 Å². The zero-order chi connectivity index (χ0) is 18.1. The van der Waals surface area contributed by atoms with Crippen LogP contribution in [0.15, 0.2) is 48.5 Å². The summed E-state index contributed by atoms with van der Waals surface area (Å²) < 4.78 is 10.4. The van der Waals surface area contributed by atoms with Crippen LogP contribution in [-0.2, 0) is 11.3 Å². The standard InChI is InChI=1S/C20H23NO4/c1-3-25-18-10-6-16(7-11-18)19(22)12-13-20(23)21-14-15-4-8-17(24-2)9-5-15/h4-11H,3,12-14H2,1-2H3,(H,21,23). The molecule has 0 unspecified atom stereocenters. The van der Waals surface area contributed by atoms with Gasteiger partial charge in [-0.05, 0) is 48.9 Å². The van der Waals surface area contributed by atoms with Crippen molar-refractivity contribution in [1.29, 1.82) is 0 Å². The van der Waals surface area contributed by atoms with E-state index in [-0.39, 0.29) is 24.5 Å². The second-order valence-electron chi connectivity index (χ2n) is 5.51. The zero-order valence-electron chi connectivity index (χ0n) is 14.6. The summed E-state index contributed by atoms with van der Waals surface area (Å²) in [4.78, 5) is 24.0. The number of carbonyl (C=O) groups is 2. The molecule has 0 saturated carbocycles. The van der Waals surface area contributed by atoms with E-state index in [0.29, 0.717) is 18.7 Å². The number of Topliss-reactive ketones (excluding diaryl/α,β-unsaturated/α-hetero) is 1. The van der Waals surface area contributed by atoms with Crippen LogP contribution < -0.4 is 14.8 Å². The van der Waals surface area contributed by atoms with Crippen LogP contribution in [0.1, 0.15) is 35.7 Å².